The minimum absolute atomic E-state index is 0.160. The highest BCUT2D eigenvalue weighted by atomic mass is 16.5. The SMILES string of the molecule is COC(=O)C1COCCN1C(=O)/C=C/c1ccco1. The zero-order chi connectivity index (χ0) is 13.7. The van der Waals surface area contributed by atoms with Crippen molar-refractivity contribution in [1.82, 2.24) is 4.90 Å². The summed E-state index contributed by atoms with van der Waals surface area (Å²) in [5.41, 5.74) is 0. The molecule has 0 spiro atoms. The Morgan fingerprint density at radius 1 is 1.53 bits per heavy atom. The van der Waals surface area contributed by atoms with Crippen LogP contribution in [0.15, 0.2) is 28.9 Å². The van der Waals surface area contributed by atoms with Gasteiger partial charge in [0.2, 0.25) is 5.91 Å². The Hall–Kier alpha value is -2.08. The molecule has 0 aromatic carbocycles. The van der Waals surface area contributed by atoms with Crippen molar-refractivity contribution in [3.8, 4) is 0 Å². The van der Waals surface area contributed by atoms with Crippen LogP contribution in [-0.4, -0.2) is 49.7 Å². The first-order valence-electron chi connectivity index (χ1n) is 5.90. The van der Waals surface area contributed by atoms with Gasteiger partial charge < -0.3 is 18.8 Å². The molecule has 0 aliphatic carbocycles. The molecule has 102 valence electrons. The summed E-state index contributed by atoms with van der Waals surface area (Å²) >= 11 is 0. The Kier molecular flexibility index (Phi) is 4.35. The van der Waals surface area contributed by atoms with Gasteiger partial charge in [-0.25, -0.2) is 4.79 Å². The number of hydrogen-bond donors (Lipinski definition) is 0. The van der Waals surface area contributed by atoms with Crippen molar-refractivity contribution < 1.29 is 23.5 Å². The number of esters is 1. The molecule has 1 atom stereocenters. The minimum Gasteiger partial charge on any atom is -0.467 e. The maximum Gasteiger partial charge on any atom is 0.331 e. The van der Waals surface area contributed by atoms with Crippen molar-refractivity contribution in [2.75, 3.05) is 26.9 Å². The van der Waals surface area contributed by atoms with Gasteiger partial charge in [0.15, 0.2) is 6.04 Å². The summed E-state index contributed by atoms with van der Waals surface area (Å²) in [4.78, 5) is 25.1. The van der Waals surface area contributed by atoms with E-state index in [1.165, 1.54) is 24.3 Å². The van der Waals surface area contributed by atoms with Crippen LogP contribution in [0.4, 0.5) is 0 Å². The van der Waals surface area contributed by atoms with E-state index in [1.807, 2.05) is 0 Å². The van der Waals surface area contributed by atoms with E-state index in [0.717, 1.165) is 0 Å². The van der Waals surface area contributed by atoms with Gasteiger partial charge in [0.1, 0.15) is 5.76 Å². The Bertz CT molecular complexity index is 465. The van der Waals surface area contributed by atoms with E-state index in [0.29, 0.717) is 18.9 Å². The molecule has 0 radical (unpaired) electrons. The standard InChI is InChI=1S/C13H15NO5/c1-17-13(16)11-9-18-8-6-14(11)12(15)5-4-10-3-2-7-19-10/h2-5,7,11H,6,8-9H2,1H3/b5-4+. The first-order valence-corrected chi connectivity index (χ1v) is 5.90. The third-order valence-electron chi connectivity index (χ3n) is 2.82. The van der Waals surface area contributed by atoms with Gasteiger partial charge in [0.05, 0.1) is 26.6 Å². The van der Waals surface area contributed by atoms with Crippen molar-refractivity contribution in [1.29, 1.82) is 0 Å². The van der Waals surface area contributed by atoms with E-state index >= 15 is 0 Å². The Labute approximate surface area is 110 Å². The zero-order valence-corrected chi connectivity index (χ0v) is 10.6. The number of methoxy groups -OCH3 is 1. The fourth-order valence-electron chi connectivity index (χ4n) is 1.83. The molecule has 1 amide bonds. The maximum atomic E-state index is 12.1. The molecule has 2 heterocycles. The third-order valence-corrected chi connectivity index (χ3v) is 2.82. The van der Waals surface area contributed by atoms with Crippen molar-refractivity contribution >= 4 is 18.0 Å². The highest BCUT2D eigenvalue weighted by Gasteiger charge is 2.32. The molecule has 0 saturated carbocycles. The average Bonchev–Trinajstić information content (AvgIpc) is 2.97. The quantitative estimate of drug-likeness (QED) is 0.594. The lowest BCUT2D eigenvalue weighted by Gasteiger charge is -2.32. The number of rotatable bonds is 3. The predicted octanol–water partition coefficient (Wildman–Crippen LogP) is 0.693. The van der Waals surface area contributed by atoms with E-state index in [2.05, 4.69) is 4.74 Å². The summed E-state index contributed by atoms with van der Waals surface area (Å²) in [5.74, 6) is -0.161. The number of amides is 1. The van der Waals surface area contributed by atoms with Crippen molar-refractivity contribution in [3.05, 3.63) is 30.2 Å². The average molecular weight is 265 g/mol. The van der Waals surface area contributed by atoms with Crippen molar-refractivity contribution in [3.63, 3.8) is 0 Å². The van der Waals surface area contributed by atoms with Crippen LogP contribution in [0.25, 0.3) is 6.08 Å². The molecule has 0 bridgehead atoms. The molecule has 1 aromatic heterocycles. The Morgan fingerprint density at radius 2 is 2.37 bits per heavy atom. The molecule has 6 nitrogen and oxygen atoms in total. The van der Waals surface area contributed by atoms with Gasteiger partial charge in [-0.1, -0.05) is 0 Å². The number of ether oxygens (including phenoxy) is 2. The van der Waals surface area contributed by atoms with Gasteiger partial charge >= 0.3 is 5.97 Å². The van der Waals surface area contributed by atoms with E-state index < -0.39 is 12.0 Å². The van der Waals surface area contributed by atoms with Crippen molar-refractivity contribution in [2.24, 2.45) is 0 Å². The van der Waals surface area contributed by atoms with Crippen LogP contribution in [0.5, 0.6) is 0 Å². The van der Waals surface area contributed by atoms with Crippen LogP contribution in [0, 0.1) is 0 Å². The highest BCUT2D eigenvalue weighted by Crippen LogP contribution is 2.11. The molecular weight excluding hydrogens is 250 g/mol. The number of nitrogens with zero attached hydrogens (tertiary/aromatic N) is 1. The summed E-state index contributed by atoms with van der Waals surface area (Å²) in [7, 11) is 1.29. The molecule has 19 heavy (non-hydrogen) atoms. The first kappa shape index (κ1) is 13.4. The normalized spacial score (nSPS) is 19.6. The molecule has 1 aromatic rings. The number of morpholine rings is 1. The lowest BCUT2D eigenvalue weighted by molar-refractivity contribution is -0.158. The number of furan rings is 1. The summed E-state index contributed by atoms with van der Waals surface area (Å²) in [5, 5.41) is 0. The smallest absolute Gasteiger partial charge is 0.331 e. The molecule has 2 rings (SSSR count). The lowest BCUT2D eigenvalue weighted by atomic mass is 10.2. The fraction of sp³-hybridized carbons (Fsp3) is 0.385. The summed E-state index contributed by atoms with van der Waals surface area (Å²) in [6.45, 7) is 0.932. The van der Waals surface area contributed by atoms with Crippen LogP contribution in [0.3, 0.4) is 0 Å². The molecule has 6 heteroatoms. The Balaban J connectivity index is 2.05. The molecular formula is C13H15NO5. The van der Waals surface area contributed by atoms with Gasteiger partial charge in [-0.05, 0) is 18.2 Å². The van der Waals surface area contributed by atoms with E-state index in [1.54, 1.807) is 18.2 Å². The van der Waals surface area contributed by atoms with Gasteiger partial charge in [0.25, 0.3) is 0 Å². The van der Waals surface area contributed by atoms with Gasteiger partial charge in [-0.2, -0.15) is 0 Å². The first-order chi connectivity index (χ1) is 9.22. The largest absolute Gasteiger partial charge is 0.467 e. The predicted molar refractivity (Wildman–Crippen MR) is 66.1 cm³/mol. The highest BCUT2D eigenvalue weighted by molar-refractivity contribution is 5.94. The summed E-state index contributed by atoms with van der Waals surface area (Å²) < 4.78 is 15.0. The van der Waals surface area contributed by atoms with Crippen LogP contribution in [0.1, 0.15) is 5.76 Å². The van der Waals surface area contributed by atoms with Crippen LogP contribution < -0.4 is 0 Å². The molecule has 1 saturated heterocycles. The molecule has 1 aliphatic rings. The molecule has 1 aliphatic heterocycles. The molecule has 0 N–H and O–H groups in total. The maximum absolute atomic E-state index is 12.1. The van der Waals surface area contributed by atoms with Crippen molar-refractivity contribution in [2.45, 2.75) is 6.04 Å². The van der Waals surface area contributed by atoms with Gasteiger partial charge in [-0.15, -0.1) is 0 Å². The van der Waals surface area contributed by atoms with Crippen LogP contribution in [-0.2, 0) is 19.1 Å². The second-order valence-corrected chi connectivity index (χ2v) is 3.99. The van der Waals surface area contributed by atoms with Gasteiger partial charge in [-0.3, -0.25) is 4.79 Å². The second-order valence-electron chi connectivity index (χ2n) is 3.99. The second kappa shape index (κ2) is 6.19. The monoisotopic (exact) mass is 265 g/mol. The number of hydrogen-bond acceptors (Lipinski definition) is 5. The molecule has 1 fully saturated rings. The number of carbonyl (C=O) groups is 2. The summed E-state index contributed by atoms with van der Waals surface area (Å²) in [6.07, 6.45) is 4.46. The zero-order valence-electron chi connectivity index (χ0n) is 10.6. The number of carbonyl (C=O) groups excluding carboxylic acids is 2. The van der Waals surface area contributed by atoms with Crippen LogP contribution >= 0.6 is 0 Å². The van der Waals surface area contributed by atoms with E-state index in [9.17, 15) is 9.59 Å². The fourth-order valence-corrected chi connectivity index (χ4v) is 1.83. The topological polar surface area (TPSA) is 69.0 Å². The lowest BCUT2D eigenvalue weighted by Crippen LogP contribution is -2.52. The molecule has 1 unspecified atom stereocenters. The third kappa shape index (κ3) is 3.23. The van der Waals surface area contributed by atoms with Gasteiger partial charge in [0, 0.05) is 12.6 Å². The van der Waals surface area contributed by atoms with E-state index in [-0.39, 0.29) is 12.5 Å². The van der Waals surface area contributed by atoms with E-state index in [4.69, 9.17) is 9.15 Å². The van der Waals surface area contributed by atoms with Crippen LogP contribution in [0.2, 0.25) is 0 Å². The Morgan fingerprint density at radius 3 is 3.05 bits per heavy atom. The minimum atomic E-state index is -0.687. The summed E-state index contributed by atoms with van der Waals surface area (Å²) in [6, 6.07) is 2.78.